The van der Waals surface area contributed by atoms with Gasteiger partial charge in [0.05, 0.1) is 5.02 Å². The van der Waals surface area contributed by atoms with Crippen molar-refractivity contribution in [3.05, 3.63) is 64.1 Å². The smallest absolute Gasteiger partial charge is 0.235 e. The lowest BCUT2D eigenvalue weighted by atomic mass is 10.2. The van der Waals surface area contributed by atoms with E-state index >= 15 is 0 Å². The normalized spacial score (nSPS) is 11.1. The fraction of sp³-hybridized carbons (Fsp3) is 0.118. The van der Waals surface area contributed by atoms with Gasteiger partial charge in [0, 0.05) is 5.56 Å². The van der Waals surface area contributed by atoms with Gasteiger partial charge in [0.1, 0.15) is 12.4 Å². The van der Waals surface area contributed by atoms with Crippen molar-refractivity contribution in [2.24, 2.45) is 0 Å². The van der Waals surface area contributed by atoms with Crippen molar-refractivity contribution in [1.82, 2.24) is 19.8 Å². The van der Waals surface area contributed by atoms with Crippen LogP contribution in [0.15, 0.2) is 48.5 Å². The first-order valence-electron chi connectivity index (χ1n) is 7.36. The van der Waals surface area contributed by atoms with Crippen molar-refractivity contribution >= 4 is 27.9 Å². The summed E-state index contributed by atoms with van der Waals surface area (Å²) >= 11 is 7.70. The zero-order valence-corrected chi connectivity index (χ0v) is 14.4. The molecular weight excluding hydrogens is 344 g/mol. The van der Waals surface area contributed by atoms with Gasteiger partial charge in [-0.3, -0.25) is 0 Å². The van der Waals surface area contributed by atoms with E-state index in [0.29, 0.717) is 22.4 Å². The molecule has 2 aromatic carbocycles. The summed E-state index contributed by atoms with van der Waals surface area (Å²) < 4.78 is 7.48. The minimum Gasteiger partial charge on any atom is -0.486 e. The molecule has 0 aliphatic heterocycles. The molecule has 0 aliphatic carbocycles. The lowest BCUT2D eigenvalue weighted by Gasteiger charge is -2.03. The number of fused-ring (bicyclic) bond motifs is 1. The predicted molar refractivity (Wildman–Crippen MR) is 94.6 cm³/mol. The van der Waals surface area contributed by atoms with Crippen molar-refractivity contribution in [3.8, 4) is 17.1 Å². The minimum atomic E-state index is 0.388. The third kappa shape index (κ3) is 2.86. The average molecular weight is 357 g/mol. The molecule has 0 fully saturated rings. The number of ether oxygens (including phenoxy) is 1. The Morgan fingerprint density at radius 3 is 2.67 bits per heavy atom. The van der Waals surface area contributed by atoms with Crippen molar-refractivity contribution in [2.75, 3.05) is 0 Å². The number of aryl methyl sites for hydroxylation is 1. The summed E-state index contributed by atoms with van der Waals surface area (Å²) in [5.74, 6) is 1.45. The van der Waals surface area contributed by atoms with Crippen LogP contribution in [0.25, 0.3) is 16.3 Å². The minimum absolute atomic E-state index is 0.388. The van der Waals surface area contributed by atoms with Crippen LogP contribution in [-0.4, -0.2) is 19.8 Å². The summed E-state index contributed by atoms with van der Waals surface area (Å²) in [6, 6.07) is 15.5. The maximum absolute atomic E-state index is 6.25. The molecular formula is C17H13ClN4OS. The van der Waals surface area contributed by atoms with Crippen LogP contribution < -0.4 is 4.74 Å². The molecule has 0 unspecified atom stereocenters. The summed E-state index contributed by atoms with van der Waals surface area (Å²) in [7, 11) is 0. The molecule has 0 radical (unpaired) electrons. The summed E-state index contributed by atoms with van der Waals surface area (Å²) in [6.45, 7) is 2.43. The van der Waals surface area contributed by atoms with E-state index in [4.69, 9.17) is 16.3 Å². The lowest BCUT2D eigenvalue weighted by molar-refractivity contribution is 0.304. The first-order valence-corrected chi connectivity index (χ1v) is 8.55. The fourth-order valence-electron chi connectivity index (χ4n) is 2.30. The summed E-state index contributed by atoms with van der Waals surface area (Å²) in [4.78, 5) is 0.715. The van der Waals surface area contributed by atoms with Gasteiger partial charge in [0.15, 0.2) is 10.8 Å². The van der Waals surface area contributed by atoms with Crippen molar-refractivity contribution in [2.45, 2.75) is 13.5 Å². The topological polar surface area (TPSA) is 52.3 Å². The first-order chi connectivity index (χ1) is 11.7. The van der Waals surface area contributed by atoms with Crippen LogP contribution in [0.1, 0.15) is 10.6 Å². The molecule has 0 aliphatic rings. The average Bonchev–Trinajstić information content (AvgIpc) is 3.15. The van der Waals surface area contributed by atoms with Gasteiger partial charge in [-0.1, -0.05) is 52.8 Å². The quantitative estimate of drug-likeness (QED) is 0.544. The van der Waals surface area contributed by atoms with Crippen LogP contribution >= 0.6 is 22.9 Å². The van der Waals surface area contributed by atoms with Gasteiger partial charge in [0.25, 0.3) is 0 Å². The van der Waals surface area contributed by atoms with Crippen LogP contribution in [0.3, 0.4) is 0 Å². The van der Waals surface area contributed by atoms with E-state index in [-0.39, 0.29) is 0 Å². The van der Waals surface area contributed by atoms with E-state index in [1.165, 1.54) is 16.9 Å². The van der Waals surface area contributed by atoms with Gasteiger partial charge >= 0.3 is 0 Å². The van der Waals surface area contributed by atoms with Crippen LogP contribution in [0.5, 0.6) is 5.75 Å². The largest absolute Gasteiger partial charge is 0.486 e. The third-order valence-electron chi connectivity index (χ3n) is 3.53. The van der Waals surface area contributed by atoms with Gasteiger partial charge < -0.3 is 4.74 Å². The van der Waals surface area contributed by atoms with Crippen LogP contribution in [0.4, 0.5) is 0 Å². The second-order valence-corrected chi connectivity index (χ2v) is 6.74. The van der Waals surface area contributed by atoms with Gasteiger partial charge in [-0.15, -0.1) is 10.2 Å². The highest BCUT2D eigenvalue weighted by Gasteiger charge is 2.15. The molecule has 24 heavy (non-hydrogen) atoms. The van der Waals surface area contributed by atoms with E-state index < -0.39 is 0 Å². The monoisotopic (exact) mass is 356 g/mol. The third-order valence-corrected chi connectivity index (χ3v) is 4.73. The van der Waals surface area contributed by atoms with Crippen molar-refractivity contribution in [1.29, 1.82) is 0 Å². The molecule has 2 aromatic heterocycles. The Morgan fingerprint density at radius 2 is 1.88 bits per heavy atom. The fourth-order valence-corrected chi connectivity index (χ4v) is 3.27. The molecule has 0 N–H and O–H groups in total. The number of rotatable bonds is 4. The number of nitrogens with zero attached hydrogens (tertiary/aromatic N) is 4. The Kier molecular flexibility index (Phi) is 3.92. The molecule has 4 aromatic rings. The van der Waals surface area contributed by atoms with E-state index in [1.807, 2.05) is 55.5 Å². The van der Waals surface area contributed by atoms with E-state index in [0.717, 1.165) is 16.3 Å². The van der Waals surface area contributed by atoms with Gasteiger partial charge in [0.2, 0.25) is 4.96 Å². The summed E-state index contributed by atoms with van der Waals surface area (Å²) in [6.07, 6.45) is 0. The van der Waals surface area contributed by atoms with Crippen molar-refractivity contribution < 1.29 is 4.74 Å². The Balaban J connectivity index is 1.60. The number of hydrogen-bond acceptors (Lipinski definition) is 5. The van der Waals surface area contributed by atoms with Gasteiger partial charge in [-0.25, -0.2) is 0 Å². The maximum Gasteiger partial charge on any atom is 0.235 e. The maximum atomic E-state index is 6.25. The molecule has 0 saturated carbocycles. The molecule has 0 atom stereocenters. The van der Waals surface area contributed by atoms with Crippen LogP contribution in [0, 0.1) is 6.92 Å². The standard InChI is InChI=1S/C17H13ClN4OS/c1-11-6-8-12(9-7-11)23-10-15-21-22-16(19-20-17(22)24-15)13-4-2-3-5-14(13)18/h2-9H,10H2,1H3. The van der Waals surface area contributed by atoms with Gasteiger partial charge in [-0.05, 0) is 31.2 Å². The molecule has 4 rings (SSSR count). The van der Waals surface area contributed by atoms with E-state index in [2.05, 4.69) is 15.3 Å². The highest BCUT2D eigenvalue weighted by molar-refractivity contribution is 7.16. The lowest BCUT2D eigenvalue weighted by Crippen LogP contribution is -1.97. The van der Waals surface area contributed by atoms with Gasteiger partial charge in [-0.2, -0.15) is 9.61 Å². The van der Waals surface area contributed by atoms with Crippen molar-refractivity contribution in [3.63, 3.8) is 0 Å². The molecule has 7 heteroatoms. The zero-order chi connectivity index (χ0) is 16.5. The predicted octanol–water partition coefficient (Wildman–Crippen LogP) is 4.39. The molecule has 0 amide bonds. The Bertz CT molecular complexity index is 993. The first kappa shape index (κ1) is 15.1. The number of benzene rings is 2. The molecule has 0 spiro atoms. The highest BCUT2D eigenvalue weighted by atomic mass is 35.5. The second-order valence-electron chi connectivity index (χ2n) is 5.30. The molecule has 0 saturated heterocycles. The molecule has 2 heterocycles. The summed E-state index contributed by atoms with van der Waals surface area (Å²) in [5.41, 5.74) is 2.01. The Morgan fingerprint density at radius 1 is 1.08 bits per heavy atom. The van der Waals surface area contributed by atoms with E-state index in [1.54, 1.807) is 4.52 Å². The molecule has 5 nitrogen and oxygen atoms in total. The number of aromatic nitrogens is 4. The SMILES string of the molecule is Cc1ccc(OCc2nn3c(-c4ccccc4Cl)nnc3s2)cc1. The second kappa shape index (κ2) is 6.22. The Labute approximate surface area is 147 Å². The van der Waals surface area contributed by atoms with Crippen LogP contribution in [0.2, 0.25) is 5.02 Å². The zero-order valence-electron chi connectivity index (χ0n) is 12.8. The molecule has 120 valence electrons. The van der Waals surface area contributed by atoms with Crippen LogP contribution in [-0.2, 0) is 6.61 Å². The number of hydrogen-bond donors (Lipinski definition) is 0. The number of halogens is 1. The summed E-state index contributed by atoms with van der Waals surface area (Å²) in [5, 5.41) is 14.4. The Hall–Kier alpha value is -2.44. The molecule has 0 bridgehead atoms. The van der Waals surface area contributed by atoms with E-state index in [9.17, 15) is 0 Å². The highest BCUT2D eigenvalue weighted by Crippen LogP contribution is 2.28.